The van der Waals surface area contributed by atoms with Crippen molar-refractivity contribution >= 4 is 5.82 Å². The lowest BCUT2D eigenvalue weighted by Crippen LogP contribution is -2.41. The lowest BCUT2D eigenvalue weighted by molar-refractivity contribution is 0.226. The third-order valence-corrected chi connectivity index (χ3v) is 2.97. The van der Waals surface area contributed by atoms with E-state index in [4.69, 9.17) is 0 Å². The molecule has 1 fully saturated rings. The fraction of sp³-hybridized carbons (Fsp3) is 0.583. The van der Waals surface area contributed by atoms with Crippen molar-refractivity contribution < 1.29 is 0 Å². The molecule has 0 spiro atoms. The average molecular weight is 205 g/mol. The van der Waals surface area contributed by atoms with Crippen LogP contribution in [-0.4, -0.2) is 35.6 Å². The van der Waals surface area contributed by atoms with E-state index in [9.17, 15) is 0 Å². The predicted octanol–water partition coefficient (Wildman–Crippen LogP) is 1.98. The molecular formula is C12H19N3. The zero-order valence-corrected chi connectivity index (χ0v) is 9.32. The van der Waals surface area contributed by atoms with E-state index in [0.717, 1.165) is 18.9 Å². The van der Waals surface area contributed by atoms with Crippen LogP contribution in [0.3, 0.4) is 0 Å². The van der Waals surface area contributed by atoms with Gasteiger partial charge in [0.15, 0.2) is 0 Å². The Labute approximate surface area is 91.5 Å². The molecule has 0 radical (unpaired) electrons. The van der Waals surface area contributed by atoms with Gasteiger partial charge in [0.05, 0.1) is 0 Å². The number of piperidine rings is 1. The number of anilines is 1. The Balaban J connectivity index is 1.89. The molecule has 15 heavy (non-hydrogen) atoms. The van der Waals surface area contributed by atoms with Gasteiger partial charge in [0, 0.05) is 18.8 Å². The van der Waals surface area contributed by atoms with Crippen LogP contribution in [0.15, 0.2) is 24.4 Å². The molecule has 1 aromatic heterocycles. The molecule has 1 aliphatic rings. The fourth-order valence-corrected chi connectivity index (χ4v) is 2.12. The number of pyridine rings is 1. The molecule has 0 bridgehead atoms. The number of hydrogen-bond donors (Lipinski definition) is 1. The lowest BCUT2D eigenvalue weighted by Gasteiger charge is -2.32. The molecule has 1 aromatic rings. The van der Waals surface area contributed by atoms with Gasteiger partial charge in [-0.15, -0.1) is 0 Å². The summed E-state index contributed by atoms with van der Waals surface area (Å²) in [5.74, 6) is 1.00. The van der Waals surface area contributed by atoms with Gasteiger partial charge in [-0.3, -0.25) is 0 Å². The molecule has 3 heteroatoms. The summed E-state index contributed by atoms with van der Waals surface area (Å²) in [4.78, 5) is 6.78. The van der Waals surface area contributed by atoms with Crippen LogP contribution >= 0.6 is 0 Å². The zero-order valence-electron chi connectivity index (χ0n) is 9.32. The molecule has 0 aromatic carbocycles. The lowest BCUT2D eigenvalue weighted by atomic mass is 10.1. The standard InChI is InChI=1S/C12H19N3/c1-2-15-9-5-6-11(10-15)14-12-7-3-4-8-13-12/h3-4,7-8,11H,2,5-6,9-10H2,1H3,(H,13,14). The van der Waals surface area contributed by atoms with E-state index in [0.29, 0.717) is 6.04 Å². The normalized spacial score (nSPS) is 22.6. The Morgan fingerprint density at radius 2 is 2.47 bits per heavy atom. The largest absolute Gasteiger partial charge is 0.366 e. The predicted molar refractivity (Wildman–Crippen MR) is 63.0 cm³/mol. The van der Waals surface area contributed by atoms with Crippen LogP contribution in [0.5, 0.6) is 0 Å². The summed E-state index contributed by atoms with van der Waals surface area (Å²) in [5.41, 5.74) is 0. The number of likely N-dealkylation sites (N-methyl/N-ethyl adjacent to an activating group) is 1. The minimum Gasteiger partial charge on any atom is -0.366 e. The highest BCUT2D eigenvalue weighted by Crippen LogP contribution is 2.13. The first-order chi connectivity index (χ1) is 7.38. The first kappa shape index (κ1) is 10.4. The van der Waals surface area contributed by atoms with Crippen LogP contribution in [0.4, 0.5) is 5.82 Å². The maximum atomic E-state index is 4.29. The van der Waals surface area contributed by atoms with Crippen molar-refractivity contribution in [3.8, 4) is 0 Å². The molecule has 1 unspecified atom stereocenters. The first-order valence-corrected chi connectivity index (χ1v) is 5.78. The Bertz CT molecular complexity index is 286. The smallest absolute Gasteiger partial charge is 0.126 e. The van der Waals surface area contributed by atoms with Crippen LogP contribution in [0.2, 0.25) is 0 Å². The summed E-state index contributed by atoms with van der Waals surface area (Å²) < 4.78 is 0. The van der Waals surface area contributed by atoms with Crippen molar-refractivity contribution in [2.75, 3.05) is 25.0 Å². The van der Waals surface area contributed by atoms with Gasteiger partial charge in [-0.05, 0) is 38.1 Å². The van der Waals surface area contributed by atoms with Crippen molar-refractivity contribution in [1.82, 2.24) is 9.88 Å². The summed E-state index contributed by atoms with van der Waals surface area (Å²) >= 11 is 0. The van der Waals surface area contributed by atoms with E-state index in [2.05, 4.69) is 22.1 Å². The van der Waals surface area contributed by atoms with Crippen molar-refractivity contribution in [3.63, 3.8) is 0 Å². The quantitative estimate of drug-likeness (QED) is 0.818. The van der Waals surface area contributed by atoms with Gasteiger partial charge in [-0.25, -0.2) is 4.98 Å². The molecule has 1 atom stereocenters. The summed E-state index contributed by atoms with van der Waals surface area (Å²) in [6.45, 7) is 5.77. The molecule has 0 amide bonds. The molecule has 1 aliphatic heterocycles. The molecule has 2 heterocycles. The Morgan fingerprint density at radius 1 is 1.53 bits per heavy atom. The SMILES string of the molecule is CCN1CCCC(Nc2ccccn2)C1. The monoisotopic (exact) mass is 205 g/mol. The van der Waals surface area contributed by atoms with Gasteiger partial charge in [-0.1, -0.05) is 13.0 Å². The topological polar surface area (TPSA) is 28.2 Å². The molecule has 2 rings (SSSR count). The number of likely N-dealkylation sites (tertiary alicyclic amines) is 1. The second-order valence-electron chi connectivity index (χ2n) is 4.09. The van der Waals surface area contributed by atoms with Crippen LogP contribution in [0.1, 0.15) is 19.8 Å². The maximum absolute atomic E-state index is 4.29. The summed E-state index contributed by atoms with van der Waals surface area (Å²) in [6, 6.07) is 6.57. The minimum atomic E-state index is 0.564. The van der Waals surface area contributed by atoms with Crippen molar-refractivity contribution in [2.45, 2.75) is 25.8 Å². The van der Waals surface area contributed by atoms with E-state index in [-0.39, 0.29) is 0 Å². The van der Waals surface area contributed by atoms with E-state index in [1.54, 1.807) is 0 Å². The van der Waals surface area contributed by atoms with E-state index in [1.165, 1.54) is 19.4 Å². The third-order valence-electron chi connectivity index (χ3n) is 2.97. The number of rotatable bonds is 3. The van der Waals surface area contributed by atoms with Crippen LogP contribution in [0, 0.1) is 0 Å². The van der Waals surface area contributed by atoms with Gasteiger partial charge >= 0.3 is 0 Å². The van der Waals surface area contributed by atoms with E-state index in [1.807, 2.05) is 24.4 Å². The average Bonchev–Trinajstić information content (AvgIpc) is 2.31. The molecule has 1 saturated heterocycles. The highest BCUT2D eigenvalue weighted by molar-refractivity contribution is 5.34. The van der Waals surface area contributed by atoms with E-state index >= 15 is 0 Å². The van der Waals surface area contributed by atoms with Gasteiger partial charge in [0.1, 0.15) is 5.82 Å². The molecule has 1 N–H and O–H groups in total. The number of nitrogens with zero attached hydrogens (tertiary/aromatic N) is 2. The highest BCUT2D eigenvalue weighted by atomic mass is 15.2. The minimum absolute atomic E-state index is 0.564. The third kappa shape index (κ3) is 2.93. The van der Waals surface area contributed by atoms with Crippen molar-refractivity contribution in [2.24, 2.45) is 0 Å². The van der Waals surface area contributed by atoms with Crippen LogP contribution in [0.25, 0.3) is 0 Å². The van der Waals surface area contributed by atoms with Gasteiger partial charge in [-0.2, -0.15) is 0 Å². The molecule has 3 nitrogen and oxygen atoms in total. The van der Waals surface area contributed by atoms with Crippen LogP contribution in [-0.2, 0) is 0 Å². The first-order valence-electron chi connectivity index (χ1n) is 5.78. The van der Waals surface area contributed by atoms with Gasteiger partial charge < -0.3 is 10.2 Å². The second-order valence-corrected chi connectivity index (χ2v) is 4.09. The van der Waals surface area contributed by atoms with Crippen molar-refractivity contribution in [1.29, 1.82) is 0 Å². The van der Waals surface area contributed by atoms with Gasteiger partial charge in [0.2, 0.25) is 0 Å². The molecule has 0 saturated carbocycles. The van der Waals surface area contributed by atoms with E-state index < -0.39 is 0 Å². The summed E-state index contributed by atoms with van der Waals surface area (Å²) in [5, 5.41) is 3.49. The zero-order chi connectivity index (χ0) is 10.5. The number of nitrogens with one attached hydrogen (secondary N) is 1. The summed E-state index contributed by atoms with van der Waals surface area (Å²) in [6.07, 6.45) is 4.38. The molecule has 0 aliphatic carbocycles. The molecule has 82 valence electrons. The second kappa shape index (κ2) is 5.12. The number of hydrogen-bond acceptors (Lipinski definition) is 3. The maximum Gasteiger partial charge on any atom is 0.126 e. The number of aromatic nitrogens is 1. The highest BCUT2D eigenvalue weighted by Gasteiger charge is 2.18. The van der Waals surface area contributed by atoms with Crippen LogP contribution < -0.4 is 5.32 Å². The van der Waals surface area contributed by atoms with Crippen molar-refractivity contribution in [3.05, 3.63) is 24.4 Å². The Kier molecular flexibility index (Phi) is 3.56. The summed E-state index contributed by atoms with van der Waals surface area (Å²) in [7, 11) is 0. The fourth-order valence-electron chi connectivity index (χ4n) is 2.12. The molecular weight excluding hydrogens is 186 g/mol. The Morgan fingerprint density at radius 3 is 3.20 bits per heavy atom. The van der Waals surface area contributed by atoms with Gasteiger partial charge in [0.25, 0.3) is 0 Å². The Hall–Kier alpha value is -1.09.